The van der Waals surface area contributed by atoms with E-state index in [0.29, 0.717) is 18.5 Å². The third-order valence-corrected chi connectivity index (χ3v) is 8.11. The van der Waals surface area contributed by atoms with Gasteiger partial charge in [-0.25, -0.2) is 4.79 Å². The van der Waals surface area contributed by atoms with E-state index in [1.54, 1.807) is 31.6 Å². The van der Waals surface area contributed by atoms with Gasteiger partial charge in [-0.2, -0.15) is 0 Å². The maximum absolute atomic E-state index is 14.0. The number of nitrogens with zero attached hydrogens (tertiary/aromatic N) is 2. The van der Waals surface area contributed by atoms with Crippen LogP contribution in [0.2, 0.25) is 0 Å². The van der Waals surface area contributed by atoms with Gasteiger partial charge in [0.15, 0.2) is 0 Å². The van der Waals surface area contributed by atoms with Crippen molar-refractivity contribution in [1.82, 2.24) is 9.47 Å². The Kier molecular flexibility index (Phi) is 8.43. The smallest absolute Gasteiger partial charge is 0.343 e. The fourth-order valence-electron chi connectivity index (χ4n) is 4.98. The summed E-state index contributed by atoms with van der Waals surface area (Å²) < 4.78 is 12.9. The highest BCUT2D eigenvalue weighted by molar-refractivity contribution is 7.22. The number of fused-ring (bicyclic) bond motifs is 1. The van der Waals surface area contributed by atoms with Crippen LogP contribution in [0.15, 0.2) is 95.9 Å². The molecule has 0 atom stereocenters. The molecule has 204 valence electrons. The average Bonchev–Trinajstić information content (AvgIpc) is 3.35. The molecule has 0 aliphatic rings. The van der Waals surface area contributed by atoms with Gasteiger partial charge < -0.3 is 14.0 Å². The largest absolute Gasteiger partial charge is 0.496 e. The minimum atomic E-state index is -0.612. The fraction of sp³-hybridized carbons (Fsp3) is 0.212. The summed E-state index contributed by atoms with van der Waals surface area (Å²) in [6, 6.07) is 28.2. The van der Waals surface area contributed by atoms with Gasteiger partial charge >= 0.3 is 5.97 Å². The van der Waals surface area contributed by atoms with Crippen molar-refractivity contribution in [2.75, 3.05) is 20.8 Å². The number of hydrogen-bond donors (Lipinski definition) is 0. The number of aromatic nitrogens is 1. The second kappa shape index (κ2) is 12.3. The third-order valence-electron chi connectivity index (χ3n) is 6.79. The second-order valence-corrected chi connectivity index (χ2v) is 10.6. The molecule has 0 radical (unpaired) electrons. The molecule has 0 saturated heterocycles. The Bertz CT molecular complexity index is 1680. The van der Waals surface area contributed by atoms with Crippen molar-refractivity contribution >= 4 is 27.5 Å². The van der Waals surface area contributed by atoms with Gasteiger partial charge in [-0.15, -0.1) is 11.3 Å². The highest BCUT2D eigenvalue weighted by atomic mass is 32.1. The maximum Gasteiger partial charge on any atom is 0.343 e. The first kappa shape index (κ1) is 27.4. The summed E-state index contributed by atoms with van der Waals surface area (Å²) in [7, 11) is 3.69. The number of carbonyl (C=O) groups is 1. The van der Waals surface area contributed by atoms with E-state index in [2.05, 4.69) is 29.2 Å². The average molecular weight is 553 g/mol. The van der Waals surface area contributed by atoms with E-state index in [1.165, 1.54) is 5.56 Å². The lowest BCUT2D eigenvalue weighted by molar-refractivity contribution is 0.0524. The monoisotopic (exact) mass is 552 g/mol. The minimum absolute atomic E-state index is 0.0358. The summed E-state index contributed by atoms with van der Waals surface area (Å²) in [6.07, 6.45) is 1.64. The summed E-state index contributed by atoms with van der Waals surface area (Å²) >= 11 is 1.58. The zero-order valence-corrected chi connectivity index (χ0v) is 23.7. The number of ether oxygens (including phenoxy) is 2. The van der Waals surface area contributed by atoms with Gasteiger partial charge in [-0.05, 0) is 36.7 Å². The quantitative estimate of drug-likeness (QED) is 0.183. The Morgan fingerprint density at radius 1 is 0.925 bits per heavy atom. The summed E-state index contributed by atoms with van der Waals surface area (Å²) in [6.45, 7) is 3.62. The molecule has 2 aromatic heterocycles. The van der Waals surface area contributed by atoms with Gasteiger partial charge in [-0.1, -0.05) is 78.9 Å². The first-order valence-corrected chi connectivity index (χ1v) is 14.1. The number of esters is 1. The normalized spacial score (nSPS) is 11.2. The van der Waals surface area contributed by atoms with Gasteiger partial charge in [0.1, 0.15) is 16.1 Å². The lowest BCUT2D eigenvalue weighted by Crippen LogP contribution is -2.23. The van der Waals surface area contributed by atoms with Crippen LogP contribution in [0.1, 0.15) is 34.0 Å². The van der Waals surface area contributed by atoms with Crippen LogP contribution in [0.25, 0.3) is 20.7 Å². The van der Waals surface area contributed by atoms with Gasteiger partial charge in [0.05, 0.1) is 25.6 Å². The molecule has 0 amide bonds. The summed E-state index contributed by atoms with van der Waals surface area (Å²) in [5, 5.41) is 0.559. The van der Waals surface area contributed by atoms with Crippen LogP contribution in [0, 0.1) is 0 Å². The van der Waals surface area contributed by atoms with E-state index < -0.39 is 5.97 Å². The lowest BCUT2D eigenvalue weighted by Gasteiger charge is -2.18. The molecule has 0 fully saturated rings. The zero-order chi connectivity index (χ0) is 28.1. The molecule has 0 saturated carbocycles. The fourth-order valence-corrected chi connectivity index (χ4v) is 6.27. The van der Waals surface area contributed by atoms with Crippen LogP contribution < -0.4 is 10.2 Å². The van der Waals surface area contributed by atoms with Gasteiger partial charge in [0.25, 0.3) is 0 Å². The molecule has 0 aliphatic heterocycles. The Labute approximate surface area is 238 Å². The SMILES string of the molecule is CCOC(=O)c1cn(Cc2ccccc2OC)c2sc(-c3ccccc3)c(CN(C)Cc3ccccc3)c2c1=O. The van der Waals surface area contributed by atoms with Crippen molar-refractivity contribution in [1.29, 1.82) is 0 Å². The molecule has 6 nitrogen and oxygen atoms in total. The molecule has 0 spiro atoms. The van der Waals surface area contributed by atoms with Crippen molar-refractivity contribution in [3.8, 4) is 16.2 Å². The van der Waals surface area contributed by atoms with Gasteiger partial charge in [-0.3, -0.25) is 9.69 Å². The molecular weight excluding hydrogens is 520 g/mol. The van der Waals surface area contributed by atoms with E-state index in [-0.39, 0.29) is 17.6 Å². The highest BCUT2D eigenvalue weighted by Crippen LogP contribution is 2.39. The van der Waals surface area contributed by atoms with Crippen LogP contribution in [0.4, 0.5) is 0 Å². The molecule has 0 aliphatic carbocycles. The number of rotatable bonds is 10. The first-order valence-electron chi connectivity index (χ1n) is 13.3. The molecule has 3 aromatic carbocycles. The molecule has 5 rings (SSSR count). The standard InChI is InChI=1S/C33H32N2O4S/c1-4-39-33(37)27-22-35(20-25-17-11-12-18-28(25)38-3)32-29(30(27)36)26(31(40-32)24-15-9-6-10-16-24)21-34(2)19-23-13-7-5-8-14-23/h5-18,22H,4,19-21H2,1-3H3. The summed E-state index contributed by atoms with van der Waals surface area (Å²) in [5.41, 5.74) is 3.82. The van der Waals surface area contributed by atoms with Gasteiger partial charge in [0.2, 0.25) is 5.43 Å². The molecule has 5 aromatic rings. The van der Waals surface area contributed by atoms with Gasteiger partial charge in [0, 0.05) is 29.7 Å². The predicted octanol–water partition coefficient (Wildman–Crippen LogP) is 6.60. The second-order valence-electron chi connectivity index (χ2n) is 9.65. The molecule has 40 heavy (non-hydrogen) atoms. The molecule has 0 unspecified atom stereocenters. The lowest BCUT2D eigenvalue weighted by atomic mass is 10.0. The van der Waals surface area contributed by atoms with E-state index in [0.717, 1.165) is 38.7 Å². The highest BCUT2D eigenvalue weighted by Gasteiger charge is 2.25. The Balaban J connectivity index is 1.72. The maximum atomic E-state index is 14.0. The number of hydrogen-bond acceptors (Lipinski definition) is 6. The molecular formula is C33H32N2O4S. The number of carbonyl (C=O) groups excluding carboxylic acids is 1. The third kappa shape index (κ3) is 5.71. The Morgan fingerprint density at radius 3 is 2.30 bits per heavy atom. The van der Waals surface area contributed by atoms with Crippen molar-refractivity contribution < 1.29 is 14.3 Å². The predicted molar refractivity (Wildman–Crippen MR) is 161 cm³/mol. The Morgan fingerprint density at radius 2 is 1.60 bits per heavy atom. The van der Waals surface area contributed by atoms with Crippen molar-refractivity contribution in [3.05, 3.63) is 124 Å². The van der Waals surface area contributed by atoms with Crippen molar-refractivity contribution in [2.24, 2.45) is 0 Å². The van der Waals surface area contributed by atoms with Crippen LogP contribution in [0.5, 0.6) is 5.75 Å². The topological polar surface area (TPSA) is 60.8 Å². The van der Waals surface area contributed by atoms with E-state index in [4.69, 9.17) is 9.47 Å². The molecule has 0 N–H and O–H groups in total. The van der Waals surface area contributed by atoms with E-state index in [1.807, 2.05) is 72.3 Å². The zero-order valence-electron chi connectivity index (χ0n) is 22.9. The number of benzene rings is 3. The van der Waals surface area contributed by atoms with Crippen LogP contribution >= 0.6 is 11.3 Å². The first-order chi connectivity index (χ1) is 19.5. The van der Waals surface area contributed by atoms with Crippen LogP contribution in [-0.2, 0) is 24.4 Å². The molecule has 2 heterocycles. The summed E-state index contributed by atoms with van der Waals surface area (Å²) in [4.78, 5) is 31.1. The number of thiophene rings is 1. The number of pyridine rings is 1. The number of methoxy groups -OCH3 is 1. The number of para-hydroxylation sites is 1. The van der Waals surface area contributed by atoms with Crippen LogP contribution in [-0.4, -0.2) is 36.2 Å². The molecule has 0 bridgehead atoms. The van der Waals surface area contributed by atoms with Crippen molar-refractivity contribution in [2.45, 2.75) is 26.6 Å². The molecule has 7 heteroatoms. The Hall–Kier alpha value is -4.20. The van der Waals surface area contributed by atoms with Crippen LogP contribution in [0.3, 0.4) is 0 Å². The minimum Gasteiger partial charge on any atom is -0.496 e. The van der Waals surface area contributed by atoms with Crippen molar-refractivity contribution in [3.63, 3.8) is 0 Å². The van der Waals surface area contributed by atoms with E-state index in [9.17, 15) is 9.59 Å². The summed E-state index contributed by atoms with van der Waals surface area (Å²) in [5.74, 6) is 0.133. The van der Waals surface area contributed by atoms with E-state index >= 15 is 0 Å².